The van der Waals surface area contributed by atoms with E-state index in [0.29, 0.717) is 13.1 Å². The standard InChI is InChI=1S/C19H21BrN2OS/c1-21(13-17-7-8-18(20)24-17)14-19(23)22-11-9-16(10-12-22)15-5-3-2-4-6-15/h2-9H,10-14H2,1H3. The summed E-state index contributed by atoms with van der Waals surface area (Å²) < 4.78 is 1.13. The van der Waals surface area contributed by atoms with E-state index in [1.54, 1.807) is 11.3 Å². The quantitative estimate of drug-likeness (QED) is 0.742. The molecular formula is C19H21BrN2OS. The van der Waals surface area contributed by atoms with E-state index in [9.17, 15) is 4.79 Å². The van der Waals surface area contributed by atoms with Gasteiger partial charge in [0.15, 0.2) is 0 Å². The van der Waals surface area contributed by atoms with E-state index < -0.39 is 0 Å². The third kappa shape index (κ3) is 4.56. The number of amides is 1. The molecule has 0 unspecified atom stereocenters. The largest absolute Gasteiger partial charge is 0.338 e. The number of rotatable bonds is 5. The first-order chi connectivity index (χ1) is 11.6. The van der Waals surface area contributed by atoms with Gasteiger partial charge in [-0.25, -0.2) is 0 Å². The van der Waals surface area contributed by atoms with Gasteiger partial charge >= 0.3 is 0 Å². The molecule has 1 aromatic heterocycles. The number of hydrogen-bond donors (Lipinski definition) is 0. The van der Waals surface area contributed by atoms with Crippen LogP contribution in [0.2, 0.25) is 0 Å². The van der Waals surface area contributed by atoms with E-state index in [4.69, 9.17) is 0 Å². The van der Waals surface area contributed by atoms with E-state index in [0.717, 1.165) is 23.3 Å². The topological polar surface area (TPSA) is 23.6 Å². The fourth-order valence-electron chi connectivity index (χ4n) is 2.90. The van der Waals surface area contributed by atoms with E-state index in [-0.39, 0.29) is 5.91 Å². The first-order valence-corrected chi connectivity index (χ1v) is 9.68. The molecule has 0 spiro atoms. The molecule has 1 aliphatic heterocycles. The van der Waals surface area contributed by atoms with Crippen molar-refractivity contribution in [3.05, 3.63) is 62.8 Å². The van der Waals surface area contributed by atoms with Crippen molar-refractivity contribution in [2.24, 2.45) is 0 Å². The molecule has 0 aliphatic carbocycles. The van der Waals surface area contributed by atoms with Crippen molar-refractivity contribution in [2.45, 2.75) is 13.0 Å². The maximum atomic E-state index is 12.5. The lowest BCUT2D eigenvalue weighted by molar-refractivity contribution is -0.131. The van der Waals surface area contributed by atoms with Crippen LogP contribution in [0.15, 0.2) is 52.3 Å². The SMILES string of the molecule is CN(CC(=O)N1CC=C(c2ccccc2)CC1)Cc1ccc(Br)s1. The monoisotopic (exact) mass is 404 g/mol. The molecule has 0 bridgehead atoms. The van der Waals surface area contributed by atoms with Gasteiger partial charge in [0.05, 0.1) is 10.3 Å². The van der Waals surface area contributed by atoms with Crippen molar-refractivity contribution < 1.29 is 4.79 Å². The number of thiophene rings is 1. The molecule has 3 nitrogen and oxygen atoms in total. The summed E-state index contributed by atoms with van der Waals surface area (Å²) in [4.78, 5) is 17.8. The Morgan fingerprint density at radius 3 is 2.67 bits per heavy atom. The van der Waals surface area contributed by atoms with Crippen molar-refractivity contribution in [2.75, 3.05) is 26.7 Å². The number of halogens is 1. The minimum atomic E-state index is 0.205. The van der Waals surface area contributed by atoms with Crippen LogP contribution in [0.4, 0.5) is 0 Å². The highest BCUT2D eigenvalue weighted by molar-refractivity contribution is 9.11. The fourth-order valence-corrected chi connectivity index (χ4v) is 4.46. The third-order valence-corrected chi connectivity index (χ3v) is 5.77. The Morgan fingerprint density at radius 2 is 2.04 bits per heavy atom. The molecule has 24 heavy (non-hydrogen) atoms. The van der Waals surface area contributed by atoms with E-state index in [1.165, 1.54) is 16.0 Å². The van der Waals surface area contributed by atoms with Crippen LogP contribution in [0.5, 0.6) is 0 Å². The summed E-state index contributed by atoms with van der Waals surface area (Å²) in [7, 11) is 2.00. The second-order valence-electron chi connectivity index (χ2n) is 6.06. The number of hydrogen-bond acceptors (Lipinski definition) is 3. The Labute approximate surface area is 155 Å². The highest BCUT2D eigenvalue weighted by Crippen LogP contribution is 2.24. The van der Waals surface area contributed by atoms with Gasteiger partial charge in [0.1, 0.15) is 0 Å². The normalized spacial score (nSPS) is 14.8. The molecular weight excluding hydrogens is 384 g/mol. The zero-order valence-electron chi connectivity index (χ0n) is 13.7. The zero-order chi connectivity index (χ0) is 16.9. The Kier molecular flexibility index (Phi) is 5.87. The Bertz CT molecular complexity index is 726. The maximum absolute atomic E-state index is 12.5. The molecule has 0 N–H and O–H groups in total. The maximum Gasteiger partial charge on any atom is 0.237 e. The Balaban J connectivity index is 1.52. The van der Waals surface area contributed by atoms with E-state index in [1.807, 2.05) is 18.0 Å². The number of carbonyl (C=O) groups is 1. The molecule has 2 aromatic rings. The molecule has 3 rings (SSSR count). The second kappa shape index (κ2) is 8.10. The van der Waals surface area contributed by atoms with Gasteiger partial charge in [-0.15, -0.1) is 11.3 Å². The molecule has 126 valence electrons. The summed E-state index contributed by atoms with van der Waals surface area (Å²) in [6.45, 7) is 2.78. The van der Waals surface area contributed by atoms with Gasteiger partial charge < -0.3 is 4.90 Å². The predicted molar refractivity (Wildman–Crippen MR) is 104 cm³/mol. The van der Waals surface area contributed by atoms with Gasteiger partial charge in [0.2, 0.25) is 5.91 Å². The molecule has 0 atom stereocenters. The van der Waals surface area contributed by atoms with Crippen LogP contribution in [-0.2, 0) is 11.3 Å². The van der Waals surface area contributed by atoms with Crippen LogP contribution in [0.3, 0.4) is 0 Å². The molecule has 0 radical (unpaired) electrons. The molecule has 0 saturated carbocycles. The van der Waals surface area contributed by atoms with Crippen LogP contribution in [0.25, 0.3) is 5.57 Å². The van der Waals surface area contributed by atoms with Crippen LogP contribution in [-0.4, -0.2) is 42.4 Å². The lowest BCUT2D eigenvalue weighted by Gasteiger charge is -2.28. The smallest absolute Gasteiger partial charge is 0.237 e. The summed E-state index contributed by atoms with van der Waals surface area (Å²) in [6, 6.07) is 14.6. The fraction of sp³-hybridized carbons (Fsp3) is 0.316. The highest BCUT2D eigenvalue weighted by Gasteiger charge is 2.19. The van der Waals surface area contributed by atoms with Gasteiger partial charge in [-0.1, -0.05) is 36.4 Å². The number of nitrogens with zero attached hydrogens (tertiary/aromatic N) is 2. The first kappa shape index (κ1) is 17.4. The predicted octanol–water partition coefficient (Wildman–Crippen LogP) is 4.26. The van der Waals surface area contributed by atoms with Crippen LogP contribution >= 0.6 is 27.3 Å². The number of carbonyl (C=O) groups excluding carboxylic acids is 1. The second-order valence-corrected chi connectivity index (χ2v) is 8.61. The number of likely N-dealkylation sites (N-methyl/N-ethyl adjacent to an activating group) is 1. The van der Waals surface area contributed by atoms with Gasteiger partial charge in [0, 0.05) is 24.5 Å². The minimum Gasteiger partial charge on any atom is -0.338 e. The van der Waals surface area contributed by atoms with Crippen LogP contribution in [0, 0.1) is 0 Å². The molecule has 5 heteroatoms. The lowest BCUT2D eigenvalue weighted by atomic mass is 9.99. The highest BCUT2D eigenvalue weighted by atomic mass is 79.9. The molecule has 2 heterocycles. The molecule has 1 amide bonds. The summed E-state index contributed by atoms with van der Waals surface area (Å²) in [5, 5.41) is 0. The summed E-state index contributed by atoms with van der Waals surface area (Å²) >= 11 is 5.20. The van der Waals surface area contributed by atoms with Crippen molar-refractivity contribution >= 4 is 38.7 Å². The molecule has 0 fully saturated rings. The van der Waals surface area contributed by atoms with Crippen LogP contribution < -0.4 is 0 Å². The minimum absolute atomic E-state index is 0.205. The Hall–Kier alpha value is -1.43. The third-order valence-electron chi connectivity index (χ3n) is 4.17. The summed E-state index contributed by atoms with van der Waals surface area (Å²) in [6.07, 6.45) is 3.12. The van der Waals surface area contributed by atoms with Gasteiger partial charge in [-0.3, -0.25) is 9.69 Å². The molecule has 0 saturated heterocycles. The van der Waals surface area contributed by atoms with Crippen molar-refractivity contribution in [1.82, 2.24) is 9.80 Å². The molecule has 1 aliphatic rings. The zero-order valence-corrected chi connectivity index (χ0v) is 16.1. The summed E-state index contributed by atoms with van der Waals surface area (Å²) in [5.41, 5.74) is 2.61. The van der Waals surface area contributed by atoms with Crippen molar-refractivity contribution in [3.8, 4) is 0 Å². The van der Waals surface area contributed by atoms with Crippen molar-refractivity contribution in [1.29, 1.82) is 0 Å². The first-order valence-electron chi connectivity index (χ1n) is 8.07. The van der Waals surface area contributed by atoms with E-state index >= 15 is 0 Å². The average Bonchev–Trinajstić information content (AvgIpc) is 3.00. The van der Waals surface area contributed by atoms with Gasteiger partial charge in [-0.05, 0) is 52.7 Å². The van der Waals surface area contributed by atoms with Gasteiger partial charge in [-0.2, -0.15) is 0 Å². The van der Waals surface area contributed by atoms with E-state index in [2.05, 4.69) is 63.3 Å². The van der Waals surface area contributed by atoms with Gasteiger partial charge in [0.25, 0.3) is 0 Å². The summed E-state index contributed by atoms with van der Waals surface area (Å²) in [5.74, 6) is 0.205. The van der Waals surface area contributed by atoms with Crippen molar-refractivity contribution in [3.63, 3.8) is 0 Å². The lowest BCUT2D eigenvalue weighted by Crippen LogP contribution is -2.40. The molecule has 1 aromatic carbocycles. The average molecular weight is 405 g/mol. The number of benzene rings is 1. The Morgan fingerprint density at radius 1 is 1.25 bits per heavy atom. The van der Waals surface area contributed by atoms with Crippen LogP contribution in [0.1, 0.15) is 16.9 Å².